The summed E-state index contributed by atoms with van der Waals surface area (Å²) in [5.74, 6) is 0.260. The first kappa shape index (κ1) is 18.8. The molecule has 1 fully saturated rings. The smallest absolute Gasteiger partial charge is 0.342 e. The second-order valence-corrected chi connectivity index (χ2v) is 7.19. The van der Waals surface area contributed by atoms with Crippen molar-refractivity contribution in [1.82, 2.24) is 4.90 Å². The molecule has 6 heteroatoms. The topological polar surface area (TPSA) is 46.3 Å². The first-order valence-corrected chi connectivity index (χ1v) is 8.26. The van der Waals surface area contributed by atoms with Crippen LogP contribution < -0.4 is 5.73 Å². The van der Waals surface area contributed by atoms with E-state index in [9.17, 15) is 18.0 Å². The van der Waals surface area contributed by atoms with E-state index in [1.807, 2.05) is 6.92 Å². The SMILES string of the molecule is CC(N)C1CCN(C(=O)C(C)(C)c2cccc(C(F)(F)F)c2)CC1. The number of alkyl halides is 3. The van der Waals surface area contributed by atoms with E-state index in [0.29, 0.717) is 24.6 Å². The molecule has 1 aliphatic heterocycles. The summed E-state index contributed by atoms with van der Waals surface area (Å²) in [5.41, 5.74) is 4.58. The molecule has 0 saturated carbocycles. The Morgan fingerprint density at radius 1 is 1.21 bits per heavy atom. The molecular weight excluding hydrogens is 317 g/mol. The molecule has 134 valence electrons. The Hall–Kier alpha value is -1.56. The van der Waals surface area contributed by atoms with Crippen molar-refractivity contribution in [3.05, 3.63) is 35.4 Å². The van der Waals surface area contributed by atoms with E-state index >= 15 is 0 Å². The fourth-order valence-electron chi connectivity index (χ4n) is 3.23. The summed E-state index contributed by atoms with van der Waals surface area (Å²) >= 11 is 0. The van der Waals surface area contributed by atoms with Crippen LogP contribution in [0.1, 0.15) is 44.7 Å². The van der Waals surface area contributed by atoms with Gasteiger partial charge in [0.25, 0.3) is 0 Å². The van der Waals surface area contributed by atoms with E-state index in [1.54, 1.807) is 24.8 Å². The van der Waals surface area contributed by atoms with Crippen LogP contribution in [0.3, 0.4) is 0 Å². The lowest BCUT2D eigenvalue weighted by Gasteiger charge is -2.38. The van der Waals surface area contributed by atoms with Crippen molar-refractivity contribution in [3.63, 3.8) is 0 Å². The van der Waals surface area contributed by atoms with Gasteiger partial charge in [-0.15, -0.1) is 0 Å². The van der Waals surface area contributed by atoms with Gasteiger partial charge in [0, 0.05) is 19.1 Å². The maximum absolute atomic E-state index is 12.9. The first-order valence-electron chi connectivity index (χ1n) is 8.26. The summed E-state index contributed by atoms with van der Waals surface area (Å²) in [7, 11) is 0. The van der Waals surface area contributed by atoms with Gasteiger partial charge >= 0.3 is 6.18 Å². The summed E-state index contributed by atoms with van der Waals surface area (Å²) in [4.78, 5) is 14.6. The van der Waals surface area contributed by atoms with E-state index in [4.69, 9.17) is 5.73 Å². The molecule has 24 heavy (non-hydrogen) atoms. The van der Waals surface area contributed by atoms with Crippen LogP contribution in [0.2, 0.25) is 0 Å². The summed E-state index contributed by atoms with van der Waals surface area (Å²) in [6.45, 7) is 6.54. The number of piperidine rings is 1. The number of hydrogen-bond donors (Lipinski definition) is 1. The lowest BCUT2D eigenvalue weighted by Crippen LogP contribution is -2.48. The highest BCUT2D eigenvalue weighted by Crippen LogP contribution is 2.34. The minimum atomic E-state index is -4.41. The van der Waals surface area contributed by atoms with Gasteiger partial charge in [0.1, 0.15) is 0 Å². The Labute approximate surface area is 141 Å². The van der Waals surface area contributed by atoms with Crippen molar-refractivity contribution in [1.29, 1.82) is 0 Å². The van der Waals surface area contributed by atoms with Gasteiger partial charge in [-0.3, -0.25) is 4.79 Å². The summed E-state index contributed by atoms with van der Waals surface area (Å²) in [6, 6.07) is 5.14. The fraction of sp³-hybridized carbons (Fsp3) is 0.611. The maximum atomic E-state index is 12.9. The summed E-state index contributed by atoms with van der Waals surface area (Å²) in [5, 5.41) is 0. The number of nitrogens with two attached hydrogens (primary N) is 1. The van der Waals surface area contributed by atoms with E-state index in [-0.39, 0.29) is 11.9 Å². The average Bonchev–Trinajstić information content (AvgIpc) is 2.53. The van der Waals surface area contributed by atoms with Crippen LogP contribution in [0, 0.1) is 5.92 Å². The Kier molecular flexibility index (Phi) is 5.28. The third-order valence-electron chi connectivity index (χ3n) is 5.02. The molecule has 1 amide bonds. The largest absolute Gasteiger partial charge is 0.416 e. The van der Waals surface area contributed by atoms with Crippen LogP contribution in [0.4, 0.5) is 13.2 Å². The van der Waals surface area contributed by atoms with Crippen LogP contribution in [-0.2, 0) is 16.4 Å². The van der Waals surface area contributed by atoms with Crippen LogP contribution in [-0.4, -0.2) is 29.9 Å². The third-order valence-corrected chi connectivity index (χ3v) is 5.02. The highest BCUT2D eigenvalue weighted by Gasteiger charge is 2.38. The van der Waals surface area contributed by atoms with Crippen molar-refractivity contribution in [2.24, 2.45) is 11.7 Å². The number of halogens is 3. The van der Waals surface area contributed by atoms with Gasteiger partial charge in [-0.25, -0.2) is 0 Å². The van der Waals surface area contributed by atoms with E-state index in [2.05, 4.69) is 0 Å². The standard InChI is InChI=1S/C18H25F3N2O/c1-12(22)13-7-9-23(10-8-13)16(24)17(2,3)14-5-4-6-15(11-14)18(19,20)21/h4-6,11-13H,7-10,22H2,1-3H3. The molecule has 1 atom stereocenters. The number of rotatable bonds is 3. The van der Waals surface area contributed by atoms with Crippen LogP contribution in [0.25, 0.3) is 0 Å². The molecule has 1 aliphatic rings. The zero-order valence-corrected chi connectivity index (χ0v) is 14.4. The second-order valence-electron chi connectivity index (χ2n) is 7.19. The van der Waals surface area contributed by atoms with Crippen LogP contribution >= 0.6 is 0 Å². The Bertz CT molecular complexity index is 588. The predicted octanol–water partition coefficient (Wildman–Crippen LogP) is 3.57. The number of amides is 1. The van der Waals surface area contributed by atoms with Crippen molar-refractivity contribution >= 4 is 5.91 Å². The zero-order valence-electron chi connectivity index (χ0n) is 14.4. The van der Waals surface area contributed by atoms with Gasteiger partial charge in [0.15, 0.2) is 0 Å². The molecule has 1 heterocycles. The summed E-state index contributed by atoms with van der Waals surface area (Å²) < 4.78 is 38.8. The first-order chi connectivity index (χ1) is 11.0. The van der Waals surface area contributed by atoms with Crippen molar-refractivity contribution in [2.75, 3.05) is 13.1 Å². The normalized spacial score (nSPS) is 18.5. The minimum Gasteiger partial charge on any atom is -0.342 e. The number of benzene rings is 1. The molecule has 1 aromatic rings. The fourth-order valence-corrected chi connectivity index (χ4v) is 3.23. The quantitative estimate of drug-likeness (QED) is 0.913. The Morgan fingerprint density at radius 3 is 2.25 bits per heavy atom. The second kappa shape index (κ2) is 6.75. The van der Waals surface area contributed by atoms with Gasteiger partial charge in [0.05, 0.1) is 11.0 Å². The molecule has 0 spiro atoms. The van der Waals surface area contributed by atoms with Crippen molar-refractivity contribution in [3.8, 4) is 0 Å². The van der Waals surface area contributed by atoms with Gasteiger partial charge in [-0.1, -0.05) is 18.2 Å². The molecule has 3 nitrogen and oxygen atoms in total. The van der Waals surface area contributed by atoms with Crippen molar-refractivity contribution in [2.45, 2.75) is 51.2 Å². The van der Waals surface area contributed by atoms with Gasteiger partial charge < -0.3 is 10.6 Å². The lowest BCUT2D eigenvalue weighted by atomic mass is 9.81. The summed E-state index contributed by atoms with van der Waals surface area (Å²) in [6.07, 6.45) is -2.74. The highest BCUT2D eigenvalue weighted by molar-refractivity contribution is 5.87. The molecule has 0 aliphatic carbocycles. The Morgan fingerprint density at radius 2 is 1.75 bits per heavy atom. The molecular formula is C18H25F3N2O. The molecule has 1 unspecified atom stereocenters. The minimum absolute atomic E-state index is 0.0960. The molecule has 1 saturated heterocycles. The molecule has 0 aromatic heterocycles. The van der Waals surface area contributed by atoms with E-state index < -0.39 is 17.2 Å². The highest BCUT2D eigenvalue weighted by atomic mass is 19.4. The number of carbonyl (C=O) groups is 1. The molecule has 0 bridgehead atoms. The molecule has 1 aromatic carbocycles. The lowest BCUT2D eigenvalue weighted by molar-refractivity contribution is -0.139. The number of carbonyl (C=O) groups excluding carboxylic acids is 1. The Balaban J connectivity index is 2.17. The third kappa shape index (κ3) is 3.91. The predicted molar refractivity (Wildman–Crippen MR) is 87.4 cm³/mol. The van der Waals surface area contributed by atoms with Crippen LogP contribution in [0.15, 0.2) is 24.3 Å². The monoisotopic (exact) mass is 342 g/mol. The van der Waals surface area contributed by atoms with Crippen molar-refractivity contribution < 1.29 is 18.0 Å². The average molecular weight is 342 g/mol. The number of likely N-dealkylation sites (tertiary alicyclic amines) is 1. The van der Waals surface area contributed by atoms with Crippen LogP contribution in [0.5, 0.6) is 0 Å². The zero-order chi connectivity index (χ0) is 18.1. The van der Waals surface area contributed by atoms with Gasteiger partial charge in [-0.05, 0) is 51.2 Å². The molecule has 2 N–H and O–H groups in total. The van der Waals surface area contributed by atoms with E-state index in [0.717, 1.165) is 25.0 Å². The maximum Gasteiger partial charge on any atom is 0.416 e. The number of nitrogens with zero attached hydrogens (tertiary/aromatic N) is 1. The van der Waals surface area contributed by atoms with E-state index in [1.165, 1.54) is 6.07 Å². The van der Waals surface area contributed by atoms with Gasteiger partial charge in [0.2, 0.25) is 5.91 Å². The number of hydrogen-bond acceptors (Lipinski definition) is 2. The molecule has 2 rings (SSSR count). The van der Waals surface area contributed by atoms with Gasteiger partial charge in [-0.2, -0.15) is 13.2 Å². The molecule has 0 radical (unpaired) electrons.